The number of amides is 1. The van der Waals surface area contributed by atoms with Gasteiger partial charge in [-0.05, 0) is 49.1 Å². The van der Waals surface area contributed by atoms with E-state index >= 15 is 0 Å². The number of pyridine rings is 1. The lowest BCUT2D eigenvalue weighted by Crippen LogP contribution is -2.32. The molecule has 0 bridgehead atoms. The number of nitrogens with zero attached hydrogens (tertiary/aromatic N) is 1. The van der Waals surface area contributed by atoms with Gasteiger partial charge in [0.2, 0.25) is 0 Å². The summed E-state index contributed by atoms with van der Waals surface area (Å²) in [7, 11) is 0. The molecule has 1 amide bonds. The van der Waals surface area contributed by atoms with E-state index < -0.39 is 0 Å². The van der Waals surface area contributed by atoms with Gasteiger partial charge in [0.05, 0.1) is 6.54 Å². The first-order valence-electron chi connectivity index (χ1n) is 8.05. The second-order valence-corrected chi connectivity index (χ2v) is 5.90. The first-order valence-corrected chi connectivity index (χ1v) is 8.05. The highest BCUT2D eigenvalue weighted by molar-refractivity contribution is 5.94. The van der Waals surface area contributed by atoms with Crippen molar-refractivity contribution < 1.29 is 4.79 Å². The molecule has 4 heteroatoms. The van der Waals surface area contributed by atoms with Crippen LogP contribution in [0.15, 0.2) is 59.4 Å². The zero-order valence-corrected chi connectivity index (χ0v) is 13.9. The summed E-state index contributed by atoms with van der Waals surface area (Å²) in [6.07, 6.45) is 0. The molecule has 3 aromatic rings. The van der Waals surface area contributed by atoms with Gasteiger partial charge in [0.25, 0.3) is 11.5 Å². The minimum Gasteiger partial charge on any atom is -0.334 e. The van der Waals surface area contributed by atoms with Crippen LogP contribution in [0.2, 0.25) is 0 Å². The van der Waals surface area contributed by atoms with Crippen molar-refractivity contribution in [3.63, 3.8) is 0 Å². The van der Waals surface area contributed by atoms with Gasteiger partial charge in [-0.15, -0.1) is 0 Å². The van der Waals surface area contributed by atoms with E-state index in [0.29, 0.717) is 24.2 Å². The number of hydrogen-bond donors (Lipinski definition) is 1. The summed E-state index contributed by atoms with van der Waals surface area (Å²) >= 11 is 0. The van der Waals surface area contributed by atoms with Crippen LogP contribution in [0.3, 0.4) is 0 Å². The number of nitrogens with one attached hydrogen (secondary N) is 1. The van der Waals surface area contributed by atoms with Crippen LogP contribution in [-0.2, 0) is 6.54 Å². The van der Waals surface area contributed by atoms with Gasteiger partial charge in [-0.25, -0.2) is 0 Å². The third kappa shape index (κ3) is 3.23. The molecule has 0 fully saturated rings. The van der Waals surface area contributed by atoms with Gasteiger partial charge in [0, 0.05) is 23.2 Å². The number of aromatic amines is 1. The summed E-state index contributed by atoms with van der Waals surface area (Å²) in [6, 6.07) is 17.0. The van der Waals surface area contributed by atoms with Crippen LogP contribution in [-0.4, -0.2) is 22.3 Å². The van der Waals surface area contributed by atoms with Crippen LogP contribution in [0, 0.1) is 6.92 Å². The highest BCUT2D eigenvalue weighted by Crippen LogP contribution is 2.15. The third-order valence-corrected chi connectivity index (χ3v) is 4.13. The Morgan fingerprint density at radius 1 is 1.08 bits per heavy atom. The highest BCUT2D eigenvalue weighted by Gasteiger charge is 2.16. The molecule has 0 aliphatic rings. The standard InChI is InChI=1S/C20H20N2O2/c1-3-22(20(24)15-7-5-4-6-8-15)13-17-12-16-10-9-14(2)11-18(16)21-19(17)23/h4-12H,3,13H2,1-2H3,(H,21,23). The van der Waals surface area contributed by atoms with Crippen LogP contribution < -0.4 is 5.56 Å². The number of H-pyrrole nitrogens is 1. The lowest BCUT2D eigenvalue weighted by Gasteiger charge is -2.21. The third-order valence-electron chi connectivity index (χ3n) is 4.13. The predicted octanol–water partition coefficient (Wildman–Crippen LogP) is 3.50. The maximum Gasteiger partial charge on any atom is 0.254 e. The fourth-order valence-electron chi connectivity index (χ4n) is 2.77. The molecule has 0 unspecified atom stereocenters. The number of fused-ring (bicyclic) bond motifs is 1. The van der Waals surface area contributed by atoms with E-state index in [0.717, 1.165) is 16.5 Å². The monoisotopic (exact) mass is 320 g/mol. The van der Waals surface area contributed by atoms with E-state index in [9.17, 15) is 9.59 Å². The number of rotatable bonds is 4. The van der Waals surface area contributed by atoms with E-state index in [1.165, 1.54) is 0 Å². The summed E-state index contributed by atoms with van der Waals surface area (Å²) in [4.78, 5) is 29.6. The van der Waals surface area contributed by atoms with Gasteiger partial charge in [-0.2, -0.15) is 0 Å². The lowest BCUT2D eigenvalue weighted by atomic mass is 10.1. The van der Waals surface area contributed by atoms with Crippen molar-refractivity contribution in [3.8, 4) is 0 Å². The summed E-state index contributed by atoms with van der Waals surface area (Å²) in [6.45, 7) is 4.74. The molecular weight excluding hydrogens is 300 g/mol. The first kappa shape index (κ1) is 16.0. The summed E-state index contributed by atoms with van der Waals surface area (Å²) in [5, 5.41) is 0.971. The van der Waals surface area contributed by atoms with Gasteiger partial charge in [-0.1, -0.05) is 30.3 Å². The number of carbonyl (C=O) groups is 1. The topological polar surface area (TPSA) is 53.2 Å². The van der Waals surface area contributed by atoms with E-state index in [1.807, 2.05) is 56.3 Å². The molecule has 0 radical (unpaired) electrons. The average Bonchev–Trinajstić information content (AvgIpc) is 2.60. The van der Waals surface area contributed by atoms with Crippen molar-refractivity contribution in [2.24, 2.45) is 0 Å². The highest BCUT2D eigenvalue weighted by atomic mass is 16.2. The molecule has 1 heterocycles. The van der Waals surface area contributed by atoms with E-state index in [4.69, 9.17) is 0 Å². The maximum atomic E-state index is 12.6. The van der Waals surface area contributed by atoms with Crippen LogP contribution in [0.4, 0.5) is 0 Å². The number of aromatic nitrogens is 1. The summed E-state index contributed by atoms with van der Waals surface area (Å²) < 4.78 is 0. The SMILES string of the molecule is CCN(Cc1cc2ccc(C)cc2[nH]c1=O)C(=O)c1ccccc1. The summed E-state index contributed by atoms with van der Waals surface area (Å²) in [5.74, 6) is -0.0681. The fraction of sp³-hybridized carbons (Fsp3) is 0.200. The average molecular weight is 320 g/mol. The van der Waals surface area contributed by atoms with Crippen molar-refractivity contribution in [1.29, 1.82) is 0 Å². The zero-order valence-electron chi connectivity index (χ0n) is 13.9. The molecule has 0 saturated heterocycles. The molecule has 2 aromatic carbocycles. The Morgan fingerprint density at radius 3 is 2.54 bits per heavy atom. The van der Waals surface area contributed by atoms with Crippen molar-refractivity contribution in [3.05, 3.63) is 81.6 Å². The maximum absolute atomic E-state index is 12.6. The first-order chi connectivity index (χ1) is 11.6. The van der Waals surface area contributed by atoms with Crippen LogP contribution in [0.25, 0.3) is 10.9 Å². The number of benzene rings is 2. The van der Waals surface area contributed by atoms with Crippen LogP contribution in [0.5, 0.6) is 0 Å². The second kappa shape index (κ2) is 6.71. The van der Waals surface area contributed by atoms with Gasteiger partial charge in [0.15, 0.2) is 0 Å². The molecular formula is C20H20N2O2. The fourth-order valence-corrected chi connectivity index (χ4v) is 2.77. The molecule has 0 aliphatic carbocycles. The van der Waals surface area contributed by atoms with E-state index in [2.05, 4.69) is 4.98 Å². The second-order valence-electron chi connectivity index (χ2n) is 5.90. The Hall–Kier alpha value is -2.88. The predicted molar refractivity (Wildman–Crippen MR) is 96.2 cm³/mol. The van der Waals surface area contributed by atoms with Crippen molar-refractivity contribution >= 4 is 16.8 Å². The van der Waals surface area contributed by atoms with E-state index in [-0.39, 0.29) is 11.5 Å². The van der Waals surface area contributed by atoms with E-state index in [1.54, 1.807) is 17.0 Å². The molecule has 4 nitrogen and oxygen atoms in total. The molecule has 1 aromatic heterocycles. The normalized spacial score (nSPS) is 10.8. The van der Waals surface area contributed by atoms with Gasteiger partial charge in [0.1, 0.15) is 0 Å². The summed E-state index contributed by atoms with van der Waals surface area (Å²) in [5.41, 5.74) is 3.00. The molecule has 0 atom stereocenters. The number of aryl methyl sites for hydroxylation is 1. The molecule has 24 heavy (non-hydrogen) atoms. The minimum atomic E-state index is -0.146. The van der Waals surface area contributed by atoms with Crippen molar-refractivity contribution in [2.75, 3.05) is 6.54 Å². The lowest BCUT2D eigenvalue weighted by molar-refractivity contribution is 0.0752. The Morgan fingerprint density at radius 2 is 1.83 bits per heavy atom. The van der Waals surface area contributed by atoms with Gasteiger partial charge >= 0.3 is 0 Å². The zero-order chi connectivity index (χ0) is 17.1. The Labute approximate surface area is 140 Å². The minimum absolute atomic E-state index is 0.0681. The number of carbonyl (C=O) groups excluding carboxylic acids is 1. The Bertz CT molecular complexity index is 929. The molecule has 0 spiro atoms. The van der Waals surface area contributed by atoms with Crippen LogP contribution >= 0.6 is 0 Å². The molecule has 3 rings (SSSR count). The molecule has 122 valence electrons. The molecule has 0 aliphatic heterocycles. The molecule has 0 saturated carbocycles. The Balaban J connectivity index is 1.92. The number of hydrogen-bond acceptors (Lipinski definition) is 2. The van der Waals surface area contributed by atoms with Crippen molar-refractivity contribution in [1.82, 2.24) is 9.88 Å². The van der Waals surface area contributed by atoms with Gasteiger partial charge in [-0.3, -0.25) is 9.59 Å². The molecule has 1 N–H and O–H groups in total. The largest absolute Gasteiger partial charge is 0.334 e. The van der Waals surface area contributed by atoms with Gasteiger partial charge < -0.3 is 9.88 Å². The Kier molecular flexibility index (Phi) is 4.47. The smallest absolute Gasteiger partial charge is 0.254 e. The van der Waals surface area contributed by atoms with Crippen LogP contribution in [0.1, 0.15) is 28.4 Å². The quantitative estimate of drug-likeness (QED) is 0.800. The van der Waals surface area contributed by atoms with Crippen molar-refractivity contribution in [2.45, 2.75) is 20.4 Å².